The van der Waals surface area contributed by atoms with E-state index < -0.39 is 0 Å². The fourth-order valence-electron chi connectivity index (χ4n) is 1.98. The number of amides is 1. The molecule has 6 heteroatoms. The highest BCUT2D eigenvalue weighted by Crippen LogP contribution is 2.30. The van der Waals surface area contributed by atoms with Crippen LogP contribution in [0.15, 0.2) is 30.7 Å². The van der Waals surface area contributed by atoms with E-state index in [0.717, 1.165) is 11.1 Å². The van der Waals surface area contributed by atoms with Crippen molar-refractivity contribution < 1.29 is 4.79 Å². The Balaban J connectivity index is 2.01. The molecule has 3 heterocycles. The summed E-state index contributed by atoms with van der Waals surface area (Å²) in [5.74, 6) is 0.550. The van der Waals surface area contributed by atoms with Gasteiger partial charge in [-0.05, 0) is 12.1 Å². The largest absolute Gasteiger partial charge is 0.369 e. The van der Waals surface area contributed by atoms with Crippen molar-refractivity contribution in [3.05, 3.63) is 36.3 Å². The minimum absolute atomic E-state index is 0.344. The van der Waals surface area contributed by atoms with E-state index in [1.54, 1.807) is 18.6 Å². The molecule has 0 saturated carbocycles. The molecular weight excluding hydrogens is 230 g/mol. The number of nitrogens with zero attached hydrogens (tertiary/aromatic N) is 3. The molecule has 90 valence electrons. The maximum Gasteiger partial charge on any atom is 0.226 e. The molecule has 0 aromatic carbocycles. The van der Waals surface area contributed by atoms with E-state index in [1.807, 2.05) is 12.1 Å². The van der Waals surface area contributed by atoms with Crippen LogP contribution in [0.5, 0.6) is 0 Å². The summed E-state index contributed by atoms with van der Waals surface area (Å²) in [5, 5.41) is 3.07. The van der Waals surface area contributed by atoms with Crippen LogP contribution in [0.3, 0.4) is 0 Å². The number of nitrogens with two attached hydrogens (primary N) is 1. The summed E-state index contributed by atoms with van der Waals surface area (Å²) in [6.45, 7) is 0.482. The predicted molar refractivity (Wildman–Crippen MR) is 65.7 cm³/mol. The maximum absolute atomic E-state index is 11.2. The monoisotopic (exact) mass is 241 g/mol. The van der Waals surface area contributed by atoms with Crippen LogP contribution < -0.4 is 11.1 Å². The van der Waals surface area contributed by atoms with E-state index in [0.29, 0.717) is 18.2 Å². The second-order valence-corrected chi connectivity index (χ2v) is 4.08. The molecule has 1 aliphatic rings. The molecule has 0 spiro atoms. The van der Waals surface area contributed by atoms with Crippen molar-refractivity contribution in [2.45, 2.75) is 5.92 Å². The second-order valence-electron chi connectivity index (χ2n) is 4.08. The van der Waals surface area contributed by atoms with Gasteiger partial charge in [0.05, 0.1) is 5.92 Å². The van der Waals surface area contributed by atoms with Gasteiger partial charge in [-0.2, -0.15) is 0 Å². The molecule has 3 N–H and O–H groups in total. The molecule has 1 unspecified atom stereocenters. The van der Waals surface area contributed by atoms with Crippen molar-refractivity contribution >= 4 is 11.7 Å². The van der Waals surface area contributed by atoms with Gasteiger partial charge < -0.3 is 11.1 Å². The first-order valence-electron chi connectivity index (χ1n) is 5.56. The number of carbonyl (C=O) groups is 1. The van der Waals surface area contributed by atoms with Crippen LogP contribution in [0.1, 0.15) is 11.5 Å². The van der Waals surface area contributed by atoms with Gasteiger partial charge in [0, 0.05) is 36.3 Å². The highest BCUT2D eigenvalue weighted by Gasteiger charge is 2.28. The van der Waals surface area contributed by atoms with Crippen LogP contribution in [0, 0.1) is 0 Å². The summed E-state index contributed by atoms with van der Waals surface area (Å²) in [7, 11) is 0. The third-order valence-electron chi connectivity index (χ3n) is 2.93. The van der Waals surface area contributed by atoms with Gasteiger partial charge in [0.25, 0.3) is 0 Å². The highest BCUT2D eigenvalue weighted by atomic mass is 16.1. The molecule has 1 amide bonds. The van der Waals surface area contributed by atoms with Gasteiger partial charge in [-0.15, -0.1) is 0 Å². The number of hydrogen-bond donors (Lipinski definition) is 2. The zero-order valence-corrected chi connectivity index (χ0v) is 9.50. The molecule has 2 aromatic heterocycles. The summed E-state index contributed by atoms with van der Waals surface area (Å²) in [4.78, 5) is 23.9. The zero-order chi connectivity index (χ0) is 12.5. The molecule has 0 aliphatic carbocycles. The first kappa shape index (κ1) is 10.6. The number of fused-ring (bicyclic) bond motifs is 1. The van der Waals surface area contributed by atoms with E-state index in [-0.39, 0.29) is 11.8 Å². The van der Waals surface area contributed by atoms with Gasteiger partial charge in [0.2, 0.25) is 5.91 Å². The fourth-order valence-corrected chi connectivity index (χ4v) is 1.98. The Morgan fingerprint density at radius 2 is 2.33 bits per heavy atom. The first-order valence-corrected chi connectivity index (χ1v) is 5.56. The van der Waals surface area contributed by atoms with Gasteiger partial charge >= 0.3 is 0 Å². The third kappa shape index (κ3) is 1.67. The molecule has 1 atom stereocenters. The molecule has 2 aromatic rings. The Kier molecular flexibility index (Phi) is 2.40. The van der Waals surface area contributed by atoms with Crippen LogP contribution in [0.2, 0.25) is 0 Å². The number of hydrogen-bond acceptors (Lipinski definition) is 5. The Morgan fingerprint density at radius 3 is 3.06 bits per heavy atom. The van der Waals surface area contributed by atoms with Crippen molar-refractivity contribution in [2.24, 2.45) is 5.73 Å². The van der Waals surface area contributed by atoms with Crippen molar-refractivity contribution in [3.8, 4) is 11.4 Å². The minimum atomic E-state index is -0.362. The van der Waals surface area contributed by atoms with E-state index in [9.17, 15) is 4.79 Å². The number of carbonyl (C=O) groups excluding carboxylic acids is 1. The normalized spacial score (nSPS) is 17.0. The Morgan fingerprint density at radius 1 is 1.44 bits per heavy atom. The van der Waals surface area contributed by atoms with Gasteiger partial charge in [-0.1, -0.05) is 0 Å². The topological polar surface area (TPSA) is 93.8 Å². The number of nitrogens with one attached hydrogen (secondary N) is 1. The third-order valence-corrected chi connectivity index (χ3v) is 2.93. The lowest BCUT2D eigenvalue weighted by atomic mass is 10.0. The number of anilines is 1. The summed E-state index contributed by atoms with van der Waals surface area (Å²) < 4.78 is 0. The SMILES string of the molecule is NC(=O)C1CNc2nc(-c3cccnc3)ncc21. The van der Waals surface area contributed by atoms with Crippen molar-refractivity contribution in [3.63, 3.8) is 0 Å². The Hall–Kier alpha value is -2.50. The molecular formula is C12H11N5O. The molecule has 0 radical (unpaired) electrons. The van der Waals surface area contributed by atoms with Crippen LogP contribution in [-0.4, -0.2) is 27.4 Å². The molecule has 18 heavy (non-hydrogen) atoms. The molecule has 0 bridgehead atoms. The number of primary amides is 1. The maximum atomic E-state index is 11.2. The summed E-state index contributed by atoms with van der Waals surface area (Å²) in [5.41, 5.74) is 6.91. The quantitative estimate of drug-likeness (QED) is 0.800. The Labute approximate surface area is 103 Å². The lowest BCUT2D eigenvalue weighted by molar-refractivity contribution is -0.119. The van der Waals surface area contributed by atoms with Crippen LogP contribution in [-0.2, 0) is 4.79 Å². The summed E-state index contributed by atoms with van der Waals surface area (Å²) in [6, 6.07) is 3.71. The highest BCUT2D eigenvalue weighted by molar-refractivity contribution is 5.86. The first-order chi connectivity index (χ1) is 8.75. The van der Waals surface area contributed by atoms with Gasteiger partial charge in [-0.3, -0.25) is 9.78 Å². The zero-order valence-electron chi connectivity index (χ0n) is 9.50. The molecule has 0 fully saturated rings. The lowest BCUT2D eigenvalue weighted by Crippen LogP contribution is -2.22. The minimum Gasteiger partial charge on any atom is -0.369 e. The number of aromatic nitrogens is 3. The van der Waals surface area contributed by atoms with Crippen LogP contribution in [0.4, 0.5) is 5.82 Å². The van der Waals surface area contributed by atoms with Gasteiger partial charge in [0.15, 0.2) is 5.82 Å². The van der Waals surface area contributed by atoms with E-state index in [4.69, 9.17) is 5.73 Å². The molecule has 6 nitrogen and oxygen atoms in total. The number of rotatable bonds is 2. The van der Waals surface area contributed by atoms with E-state index in [1.165, 1.54) is 0 Å². The Bertz CT molecular complexity index is 599. The van der Waals surface area contributed by atoms with Crippen LogP contribution in [0.25, 0.3) is 11.4 Å². The summed E-state index contributed by atoms with van der Waals surface area (Å²) >= 11 is 0. The van der Waals surface area contributed by atoms with Crippen molar-refractivity contribution in [2.75, 3.05) is 11.9 Å². The van der Waals surface area contributed by atoms with E-state index >= 15 is 0 Å². The van der Waals surface area contributed by atoms with Crippen molar-refractivity contribution in [1.82, 2.24) is 15.0 Å². The van der Waals surface area contributed by atoms with Crippen molar-refractivity contribution in [1.29, 1.82) is 0 Å². The smallest absolute Gasteiger partial charge is 0.226 e. The summed E-state index contributed by atoms with van der Waals surface area (Å²) in [6.07, 6.45) is 5.04. The molecule has 1 aliphatic heterocycles. The van der Waals surface area contributed by atoms with Gasteiger partial charge in [0.1, 0.15) is 5.82 Å². The molecule has 0 saturated heterocycles. The van der Waals surface area contributed by atoms with E-state index in [2.05, 4.69) is 20.3 Å². The van der Waals surface area contributed by atoms with Gasteiger partial charge in [-0.25, -0.2) is 9.97 Å². The fraction of sp³-hybridized carbons (Fsp3) is 0.167. The lowest BCUT2D eigenvalue weighted by Gasteiger charge is -2.05. The molecule has 3 rings (SSSR count). The average molecular weight is 241 g/mol. The second kappa shape index (κ2) is 4.06. The van der Waals surface area contributed by atoms with Crippen LogP contribution >= 0.6 is 0 Å². The number of pyridine rings is 1. The standard InChI is InChI=1S/C12H11N5O/c13-10(18)8-5-16-12-9(8)6-15-11(17-12)7-2-1-3-14-4-7/h1-4,6,8H,5H2,(H2,13,18)(H,15,16,17). The predicted octanol–water partition coefficient (Wildman–Crippen LogP) is 0.533. The average Bonchev–Trinajstić information content (AvgIpc) is 2.82.